The smallest absolute Gasteiger partial charge is 0.192 e. The molecule has 122 valence electrons. The van der Waals surface area contributed by atoms with Crippen LogP contribution in [0.15, 0.2) is 0 Å². The molecule has 0 aromatic heterocycles. The molecule has 0 aromatic rings. The van der Waals surface area contributed by atoms with Gasteiger partial charge in [0.2, 0.25) is 0 Å². The van der Waals surface area contributed by atoms with Gasteiger partial charge in [0.05, 0.1) is 11.5 Å². The summed E-state index contributed by atoms with van der Waals surface area (Å²) in [5, 5.41) is 0. The lowest BCUT2D eigenvalue weighted by Gasteiger charge is -2.40. The third kappa shape index (κ3) is 2.76. The summed E-state index contributed by atoms with van der Waals surface area (Å²) in [6, 6.07) is 3.54. The molecule has 2 fully saturated rings. The van der Waals surface area contributed by atoms with Crippen LogP contribution in [0.4, 0.5) is 0 Å². The third-order valence-corrected chi connectivity index (χ3v) is 11.4. The maximum absolute atomic E-state index is 12.9. The normalized spacial score (nSPS) is 36.5. The number of carbonyl (C=O) groups is 1. The molecule has 0 radical (unpaired) electrons. The number of hydrogen-bond donors (Lipinski definition) is 0. The van der Waals surface area contributed by atoms with Gasteiger partial charge in [-0.05, 0) is 49.2 Å². The van der Waals surface area contributed by atoms with Gasteiger partial charge in [-0.3, -0.25) is 4.79 Å². The Hall–Kier alpha value is -0.153. The molecule has 21 heavy (non-hydrogen) atoms. The molecule has 4 atom stereocenters. The van der Waals surface area contributed by atoms with Gasteiger partial charge in [-0.15, -0.1) is 0 Å². The quantitative estimate of drug-likeness (QED) is 0.643. The zero-order valence-corrected chi connectivity index (χ0v) is 15.9. The largest absolute Gasteiger partial charge is 0.413 e. The Kier molecular flexibility index (Phi) is 5.04. The fraction of sp³-hybridized carbons (Fsp3) is 0.944. The maximum Gasteiger partial charge on any atom is 0.192 e. The first-order valence-corrected chi connectivity index (χ1v) is 11.6. The third-order valence-electron chi connectivity index (χ3n) is 6.77. The topological polar surface area (TPSA) is 26.3 Å². The van der Waals surface area contributed by atoms with Crippen molar-refractivity contribution in [2.45, 2.75) is 85.0 Å². The minimum Gasteiger partial charge on any atom is -0.413 e. The van der Waals surface area contributed by atoms with Gasteiger partial charge in [0, 0.05) is 5.92 Å². The number of fused-ring (bicyclic) bond motifs is 2. The van der Waals surface area contributed by atoms with Crippen molar-refractivity contribution in [2.75, 3.05) is 0 Å². The van der Waals surface area contributed by atoms with E-state index in [-0.39, 0.29) is 17.4 Å². The van der Waals surface area contributed by atoms with Crippen LogP contribution in [-0.4, -0.2) is 20.2 Å². The second-order valence-corrected chi connectivity index (χ2v) is 12.6. The molecule has 3 heteroatoms. The summed E-state index contributed by atoms with van der Waals surface area (Å²) in [7, 11) is -1.62. The van der Waals surface area contributed by atoms with Gasteiger partial charge in [0.15, 0.2) is 8.32 Å². The van der Waals surface area contributed by atoms with E-state index in [1.807, 2.05) is 0 Å². The molecule has 0 aliphatic heterocycles. The summed E-state index contributed by atoms with van der Waals surface area (Å²) in [4.78, 5) is 12.9. The van der Waals surface area contributed by atoms with Crippen molar-refractivity contribution in [1.29, 1.82) is 0 Å². The van der Waals surface area contributed by atoms with E-state index in [0.717, 1.165) is 12.8 Å². The first-order valence-electron chi connectivity index (χ1n) is 9.05. The van der Waals surface area contributed by atoms with Gasteiger partial charge in [0.1, 0.15) is 5.78 Å². The van der Waals surface area contributed by atoms with Crippen molar-refractivity contribution in [1.82, 2.24) is 0 Å². The molecule has 0 amide bonds. The first-order chi connectivity index (χ1) is 9.83. The molecular formula is C18H34O2Si. The Labute approximate surface area is 132 Å². The number of rotatable bonds is 6. The highest BCUT2D eigenvalue weighted by Crippen LogP contribution is 2.54. The van der Waals surface area contributed by atoms with Crippen molar-refractivity contribution in [2.24, 2.45) is 23.2 Å². The molecule has 0 saturated heterocycles. The number of Topliss-reactive ketones (excluding diaryl/α,β-unsaturated/α-hetero) is 1. The molecule has 2 saturated carbocycles. The van der Waals surface area contributed by atoms with E-state index in [1.165, 1.54) is 24.6 Å². The molecule has 2 aliphatic carbocycles. The van der Waals surface area contributed by atoms with Crippen LogP contribution >= 0.6 is 0 Å². The van der Waals surface area contributed by atoms with Crippen molar-refractivity contribution in [3.63, 3.8) is 0 Å². The van der Waals surface area contributed by atoms with Crippen molar-refractivity contribution in [3.8, 4) is 0 Å². The number of ketones is 1. The van der Waals surface area contributed by atoms with E-state index in [9.17, 15) is 4.79 Å². The number of carbonyl (C=O) groups excluding carboxylic acids is 1. The summed E-state index contributed by atoms with van der Waals surface area (Å²) in [5.41, 5.74) is -0.187. The average Bonchev–Trinajstić information content (AvgIpc) is 2.62. The molecule has 2 rings (SSSR count). The van der Waals surface area contributed by atoms with Crippen LogP contribution in [0, 0.1) is 23.2 Å². The van der Waals surface area contributed by atoms with Crippen LogP contribution in [0.5, 0.6) is 0 Å². The van der Waals surface area contributed by atoms with E-state index in [4.69, 9.17) is 4.43 Å². The Balaban J connectivity index is 2.22. The van der Waals surface area contributed by atoms with Crippen molar-refractivity contribution >= 4 is 14.1 Å². The van der Waals surface area contributed by atoms with Gasteiger partial charge in [-0.1, -0.05) is 41.5 Å². The monoisotopic (exact) mass is 310 g/mol. The molecule has 2 aliphatic rings. The van der Waals surface area contributed by atoms with Crippen LogP contribution in [0.3, 0.4) is 0 Å². The first kappa shape index (κ1) is 17.2. The van der Waals surface area contributed by atoms with Crippen molar-refractivity contribution < 1.29 is 9.22 Å². The summed E-state index contributed by atoms with van der Waals surface area (Å²) >= 11 is 0. The van der Waals surface area contributed by atoms with Gasteiger partial charge < -0.3 is 4.43 Å². The minimum absolute atomic E-state index is 0.187. The summed E-state index contributed by atoms with van der Waals surface area (Å²) < 4.78 is 6.78. The predicted molar refractivity (Wildman–Crippen MR) is 90.9 cm³/mol. The van der Waals surface area contributed by atoms with Crippen molar-refractivity contribution in [3.05, 3.63) is 0 Å². The van der Waals surface area contributed by atoms with Gasteiger partial charge >= 0.3 is 0 Å². The highest BCUT2D eigenvalue weighted by atomic mass is 28.4. The average molecular weight is 311 g/mol. The van der Waals surface area contributed by atoms with Crippen LogP contribution in [-0.2, 0) is 9.22 Å². The second-order valence-electron chi connectivity index (χ2n) is 7.92. The fourth-order valence-electron chi connectivity index (χ4n) is 4.78. The lowest BCUT2D eigenvalue weighted by atomic mass is 9.68. The molecule has 0 spiro atoms. The standard InChI is InChI=1S/C18H34O2Si/c1-7-21(8-2,9-3)20-16-12-15-14(13(4)5)10-11-18(16,6)17(15)19/h13-16H,7-12H2,1-6H3/t14-,15-,16?,18-/m1/s1. The number of hydrogen-bond acceptors (Lipinski definition) is 2. The molecule has 2 bridgehead atoms. The molecule has 0 N–H and O–H groups in total. The van der Waals surface area contributed by atoms with Gasteiger partial charge in [-0.25, -0.2) is 0 Å². The predicted octanol–water partition coefficient (Wildman–Crippen LogP) is 5.04. The lowest BCUT2D eigenvalue weighted by Crippen LogP contribution is -2.46. The minimum atomic E-state index is -1.62. The van der Waals surface area contributed by atoms with Gasteiger partial charge in [0.25, 0.3) is 0 Å². The van der Waals surface area contributed by atoms with Crippen LogP contribution in [0.2, 0.25) is 18.1 Å². The zero-order valence-electron chi connectivity index (χ0n) is 14.9. The highest BCUT2D eigenvalue weighted by Gasteiger charge is 2.58. The van der Waals surface area contributed by atoms with E-state index >= 15 is 0 Å². The van der Waals surface area contributed by atoms with Crippen LogP contribution < -0.4 is 0 Å². The van der Waals surface area contributed by atoms with E-state index < -0.39 is 8.32 Å². The zero-order chi connectivity index (χ0) is 15.8. The molecule has 2 nitrogen and oxygen atoms in total. The van der Waals surface area contributed by atoms with Crippen LogP contribution in [0.25, 0.3) is 0 Å². The Morgan fingerprint density at radius 1 is 1.24 bits per heavy atom. The van der Waals surface area contributed by atoms with E-state index in [1.54, 1.807) is 0 Å². The Morgan fingerprint density at radius 3 is 2.29 bits per heavy atom. The lowest BCUT2D eigenvalue weighted by molar-refractivity contribution is -0.135. The molecular weight excluding hydrogens is 276 g/mol. The fourth-order valence-corrected chi connectivity index (χ4v) is 7.74. The van der Waals surface area contributed by atoms with Crippen LogP contribution in [0.1, 0.15) is 60.8 Å². The second kappa shape index (κ2) is 6.15. The van der Waals surface area contributed by atoms with E-state index in [2.05, 4.69) is 41.5 Å². The molecule has 0 aromatic carbocycles. The molecule has 0 heterocycles. The Morgan fingerprint density at radius 2 is 1.81 bits per heavy atom. The summed E-state index contributed by atoms with van der Waals surface area (Å²) in [5.74, 6) is 1.99. The Bertz CT molecular complexity index is 380. The van der Waals surface area contributed by atoms with Gasteiger partial charge in [-0.2, -0.15) is 0 Å². The maximum atomic E-state index is 12.9. The highest BCUT2D eigenvalue weighted by molar-refractivity contribution is 6.73. The van der Waals surface area contributed by atoms with E-state index in [0.29, 0.717) is 17.6 Å². The molecule has 1 unspecified atom stereocenters. The SMILES string of the molecule is CC[Si](CC)(CC)OC1C[C@H]2C(=O)[C@]1(C)CC[C@@H]2C(C)C. The summed E-state index contributed by atoms with van der Waals surface area (Å²) in [6.45, 7) is 13.6. The summed E-state index contributed by atoms with van der Waals surface area (Å²) in [6.07, 6.45) is 3.44.